The Balaban J connectivity index is 3.07. The quantitative estimate of drug-likeness (QED) is 0.477. The van der Waals surface area contributed by atoms with E-state index in [4.69, 9.17) is 4.74 Å². The van der Waals surface area contributed by atoms with Crippen LogP contribution in [-0.2, 0) is 9.53 Å². The zero-order valence-corrected chi connectivity index (χ0v) is 13.8. The zero-order valence-electron chi connectivity index (χ0n) is 11.0. The molecule has 1 aromatic rings. The van der Waals surface area contributed by atoms with Crippen molar-refractivity contribution < 1.29 is 9.53 Å². The Labute approximate surface area is 108 Å². The van der Waals surface area contributed by atoms with Gasteiger partial charge in [-0.2, -0.15) is 0 Å². The third kappa shape index (κ3) is 4.54. The molecule has 0 aliphatic heterocycles. The van der Waals surface area contributed by atoms with Gasteiger partial charge in [-0.1, -0.05) is 0 Å². The molecule has 0 bridgehead atoms. The van der Waals surface area contributed by atoms with Crippen molar-refractivity contribution in [2.24, 2.45) is 0 Å². The number of carbonyl (C=O) groups is 1. The molecular weight excluding hydrogens is 319 g/mol. The fourth-order valence-electron chi connectivity index (χ4n) is 1.51. The first kappa shape index (κ1) is 14.3. The van der Waals surface area contributed by atoms with Crippen molar-refractivity contribution >= 4 is 30.4 Å². The van der Waals surface area contributed by atoms with Gasteiger partial charge in [-0.05, 0) is 0 Å². The van der Waals surface area contributed by atoms with Crippen molar-refractivity contribution in [3.8, 4) is 0 Å². The summed E-state index contributed by atoms with van der Waals surface area (Å²) in [6.45, 7) is 2.28. The first-order valence-electron chi connectivity index (χ1n) is 5.89. The maximum absolute atomic E-state index is 12.0. The summed E-state index contributed by atoms with van der Waals surface area (Å²) >= 11 is -2.43. The molecule has 0 aromatic heterocycles. The van der Waals surface area contributed by atoms with E-state index in [-0.39, 0.29) is 5.97 Å². The van der Waals surface area contributed by atoms with Gasteiger partial charge >= 0.3 is 108 Å². The monoisotopic (exact) mass is 340 g/mol. The number of hydrogen-bond acceptors (Lipinski definition) is 2. The summed E-state index contributed by atoms with van der Waals surface area (Å²) in [5, 5.41) is 0. The first-order valence-corrected chi connectivity index (χ1v) is 15.9. The van der Waals surface area contributed by atoms with Crippen molar-refractivity contribution in [2.75, 3.05) is 6.61 Å². The van der Waals surface area contributed by atoms with Gasteiger partial charge in [0.15, 0.2) is 0 Å². The molecule has 0 heterocycles. The summed E-state index contributed by atoms with van der Waals surface area (Å²) < 4.78 is 6.06. The van der Waals surface area contributed by atoms with Crippen molar-refractivity contribution in [1.82, 2.24) is 0 Å². The second-order valence-electron chi connectivity index (χ2n) is 4.94. The molecule has 2 nitrogen and oxygen atoms in total. The molecule has 0 saturated carbocycles. The molecule has 0 radical (unpaired) electrons. The van der Waals surface area contributed by atoms with Gasteiger partial charge in [0.25, 0.3) is 0 Å². The summed E-state index contributed by atoms with van der Waals surface area (Å²) in [7, 11) is 0. The average Bonchev–Trinajstić information content (AvgIpc) is 2.26. The summed E-state index contributed by atoms with van der Waals surface area (Å²) in [5.74, 6) is -0.139. The molecule has 0 spiro atoms. The molecule has 17 heavy (non-hydrogen) atoms. The van der Waals surface area contributed by atoms with E-state index < -0.39 is 18.4 Å². The van der Waals surface area contributed by atoms with E-state index in [9.17, 15) is 4.79 Å². The van der Waals surface area contributed by atoms with Crippen LogP contribution < -0.4 is 0 Å². The molecule has 0 unspecified atom stereocenters. The fraction of sp³-hybridized carbons (Fsp3) is 0.357. The third-order valence-electron chi connectivity index (χ3n) is 2.41. The molecule has 0 saturated heterocycles. The SMILES string of the molecule is CCOC(=O)/[C](=C/c1ccccc1)[Sn]([CH3])([CH3])[CH3]. The predicted octanol–water partition coefficient (Wildman–Crippen LogP) is 3.51. The molecular formula is C14H20O2Sn. The molecule has 1 aromatic carbocycles. The van der Waals surface area contributed by atoms with Crippen LogP contribution in [0.5, 0.6) is 0 Å². The average molecular weight is 339 g/mol. The van der Waals surface area contributed by atoms with E-state index >= 15 is 0 Å². The minimum absolute atomic E-state index is 0.139. The van der Waals surface area contributed by atoms with E-state index in [1.807, 2.05) is 43.3 Å². The Morgan fingerprint density at radius 1 is 1.24 bits per heavy atom. The second kappa shape index (κ2) is 6.24. The topological polar surface area (TPSA) is 26.3 Å². The molecule has 0 aliphatic rings. The van der Waals surface area contributed by atoms with Crippen LogP contribution in [-0.4, -0.2) is 31.0 Å². The maximum atomic E-state index is 12.0. The number of rotatable bonds is 4. The molecule has 92 valence electrons. The van der Waals surface area contributed by atoms with E-state index in [1.54, 1.807) is 0 Å². The first-order chi connectivity index (χ1) is 7.95. The number of hydrogen-bond donors (Lipinski definition) is 0. The third-order valence-corrected chi connectivity index (χ3v) is 8.02. The summed E-state index contributed by atoms with van der Waals surface area (Å²) in [4.78, 5) is 18.6. The van der Waals surface area contributed by atoms with Gasteiger partial charge in [-0.15, -0.1) is 0 Å². The Bertz CT molecular complexity index is 402. The van der Waals surface area contributed by atoms with Crippen LogP contribution in [0.4, 0.5) is 0 Å². The minimum atomic E-state index is -2.43. The van der Waals surface area contributed by atoms with Crippen molar-refractivity contribution in [3.63, 3.8) is 0 Å². The van der Waals surface area contributed by atoms with Crippen LogP contribution in [0.15, 0.2) is 33.9 Å². The van der Waals surface area contributed by atoms with Crippen molar-refractivity contribution in [1.29, 1.82) is 0 Å². The number of esters is 1. The predicted molar refractivity (Wildman–Crippen MR) is 74.4 cm³/mol. The van der Waals surface area contributed by atoms with Crippen LogP contribution in [0, 0.1) is 0 Å². The van der Waals surface area contributed by atoms with Crippen LogP contribution >= 0.6 is 0 Å². The van der Waals surface area contributed by atoms with Gasteiger partial charge < -0.3 is 0 Å². The Morgan fingerprint density at radius 3 is 2.29 bits per heavy atom. The molecule has 0 aliphatic carbocycles. The van der Waals surface area contributed by atoms with Gasteiger partial charge in [-0.25, -0.2) is 0 Å². The van der Waals surface area contributed by atoms with Crippen LogP contribution in [0.2, 0.25) is 14.8 Å². The molecule has 0 amide bonds. The van der Waals surface area contributed by atoms with E-state index in [1.165, 1.54) is 0 Å². The van der Waals surface area contributed by atoms with Crippen LogP contribution in [0.25, 0.3) is 6.08 Å². The second-order valence-corrected chi connectivity index (χ2v) is 19.3. The molecule has 0 fully saturated rings. The Kier molecular flexibility index (Phi) is 5.25. The van der Waals surface area contributed by atoms with Gasteiger partial charge in [0.05, 0.1) is 0 Å². The molecule has 3 heteroatoms. The fourth-order valence-corrected chi connectivity index (χ4v) is 5.17. The van der Waals surface area contributed by atoms with Crippen molar-refractivity contribution in [2.45, 2.75) is 21.7 Å². The molecule has 1 rings (SSSR count). The van der Waals surface area contributed by atoms with Crippen LogP contribution in [0.3, 0.4) is 0 Å². The van der Waals surface area contributed by atoms with E-state index in [0.29, 0.717) is 6.61 Å². The number of ether oxygens (including phenoxy) is 1. The van der Waals surface area contributed by atoms with Crippen LogP contribution in [0.1, 0.15) is 12.5 Å². The Hall–Kier alpha value is -0.771. The standard InChI is InChI=1S/C11H11O2.3CH3.Sn/c1-2-13-11(12)9-8-10-6-4-3-5-7-10;;;;/h3-8H,2H2,1H3;3*1H3;. The van der Waals surface area contributed by atoms with Gasteiger partial charge in [0.1, 0.15) is 0 Å². The summed E-state index contributed by atoms with van der Waals surface area (Å²) in [5.41, 5.74) is 1.07. The normalized spacial score (nSPS) is 12.4. The number of benzene rings is 1. The van der Waals surface area contributed by atoms with Gasteiger partial charge in [0.2, 0.25) is 0 Å². The summed E-state index contributed by atoms with van der Waals surface area (Å²) in [6.07, 6.45) is 1.99. The van der Waals surface area contributed by atoms with E-state index in [0.717, 1.165) is 9.15 Å². The van der Waals surface area contributed by atoms with Gasteiger partial charge in [0, 0.05) is 0 Å². The molecule has 0 atom stereocenters. The summed E-state index contributed by atoms with van der Waals surface area (Å²) in [6, 6.07) is 9.95. The van der Waals surface area contributed by atoms with E-state index in [2.05, 4.69) is 14.8 Å². The van der Waals surface area contributed by atoms with Gasteiger partial charge in [-0.3, -0.25) is 0 Å². The zero-order chi connectivity index (χ0) is 12.9. The van der Waals surface area contributed by atoms with Crippen molar-refractivity contribution in [3.05, 3.63) is 39.5 Å². The number of carbonyl (C=O) groups excluding carboxylic acids is 1. The Morgan fingerprint density at radius 2 is 1.82 bits per heavy atom. The molecule has 0 N–H and O–H groups in total.